The Morgan fingerprint density at radius 1 is 1.08 bits per heavy atom. The monoisotopic (exact) mass is 324 g/mol. The van der Waals surface area contributed by atoms with E-state index in [4.69, 9.17) is 0 Å². The average Bonchev–Trinajstić information content (AvgIpc) is 3.36. The van der Waals surface area contributed by atoms with Gasteiger partial charge in [0.2, 0.25) is 0 Å². The van der Waals surface area contributed by atoms with Crippen molar-refractivity contribution in [3.05, 3.63) is 71.0 Å². The Morgan fingerprint density at radius 2 is 1.83 bits per heavy atom. The number of amides is 2. The minimum Gasteiger partial charge on any atom is -0.331 e. The fourth-order valence-electron chi connectivity index (χ4n) is 3.48. The van der Waals surface area contributed by atoms with Crippen LogP contribution in [0.5, 0.6) is 0 Å². The summed E-state index contributed by atoms with van der Waals surface area (Å²) in [5, 5.41) is 3.20. The van der Waals surface area contributed by atoms with Crippen molar-refractivity contribution < 1.29 is 9.18 Å². The zero-order chi connectivity index (χ0) is 16.5. The van der Waals surface area contributed by atoms with Crippen molar-refractivity contribution in [3.8, 4) is 0 Å². The first kappa shape index (κ1) is 15.2. The Balaban J connectivity index is 1.46. The van der Waals surface area contributed by atoms with Gasteiger partial charge < -0.3 is 10.2 Å². The first-order valence-electron chi connectivity index (χ1n) is 8.60. The van der Waals surface area contributed by atoms with Crippen LogP contribution in [0.4, 0.5) is 9.18 Å². The molecule has 4 rings (SSSR count). The van der Waals surface area contributed by atoms with Crippen molar-refractivity contribution in [3.63, 3.8) is 0 Å². The summed E-state index contributed by atoms with van der Waals surface area (Å²) in [6, 6.07) is 15.1. The van der Waals surface area contributed by atoms with Gasteiger partial charge in [-0.05, 0) is 54.5 Å². The van der Waals surface area contributed by atoms with E-state index >= 15 is 0 Å². The Morgan fingerprint density at radius 3 is 2.58 bits per heavy atom. The molecule has 0 aromatic heterocycles. The quantitative estimate of drug-likeness (QED) is 0.899. The molecule has 0 radical (unpaired) electrons. The van der Waals surface area contributed by atoms with Crippen LogP contribution in [-0.4, -0.2) is 17.0 Å². The third kappa shape index (κ3) is 3.14. The van der Waals surface area contributed by atoms with Gasteiger partial charge in [0.25, 0.3) is 0 Å². The molecule has 2 aromatic rings. The molecule has 1 atom stereocenters. The van der Waals surface area contributed by atoms with Gasteiger partial charge in [-0.25, -0.2) is 9.18 Å². The van der Waals surface area contributed by atoms with Gasteiger partial charge in [-0.3, -0.25) is 0 Å². The van der Waals surface area contributed by atoms with E-state index in [-0.39, 0.29) is 17.9 Å². The molecule has 0 bridgehead atoms. The zero-order valence-electron chi connectivity index (χ0n) is 13.5. The number of nitrogens with zero attached hydrogens (tertiary/aromatic N) is 1. The number of fused-ring (bicyclic) bond motifs is 1. The molecule has 1 fully saturated rings. The van der Waals surface area contributed by atoms with Crippen molar-refractivity contribution in [1.82, 2.24) is 10.2 Å². The number of carbonyl (C=O) groups is 1. The van der Waals surface area contributed by atoms with Gasteiger partial charge in [-0.2, -0.15) is 0 Å². The molecule has 0 saturated heterocycles. The molecule has 2 aromatic carbocycles. The van der Waals surface area contributed by atoms with Gasteiger partial charge in [0.05, 0.1) is 6.04 Å². The van der Waals surface area contributed by atoms with Crippen LogP contribution in [-0.2, 0) is 13.0 Å². The van der Waals surface area contributed by atoms with Crippen molar-refractivity contribution >= 4 is 6.03 Å². The number of hydrogen-bond acceptors (Lipinski definition) is 1. The maximum absolute atomic E-state index is 13.1. The maximum atomic E-state index is 13.1. The summed E-state index contributed by atoms with van der Waals surface area (Å²) in [7, 11) is 0. The van der Waals surface area contributed by atoms with Crippen molar-refractivity contribution in [1.29, 1.82) is 0 Å². The van der Waals surface area contributed by atoms with E-state index in [1.54, 1.807) is 12.1 Å². The van der Waals surface area contributed by atoms with Crippen molar-refractivity contribution in [2.24, 2.45) is 0 Å². The summed E-state index contributed by atoms with van der Waals surface area (Å²) >= 11 is 0. The first-order valence-corrected chi connectivity index (χ1v) is 8.60. The Hall–Kier alpha value is -2.36. The highest BCUT2D eigenvalue weighted by atomic mass is 19.1. The SMILES string of the molecule is O=C(NC1CCc2ccccc21)N(Cc1ccc(F)cc1)C1CC1. The van der Waals surface area contributed by atoms with Gasteiger partial charge in [-0.15, -0.1) is 0 Å². The molecule has 3 nitrogen and oxygen atoms in total. The molecule has 1 N–H and O–H groups in total. The van der Waals surface area contributed by atoms with E-state index in [1.165, 1.54) is 23.3 Å². The van der Waals surface area contributed by atoms with Crippen LogP contribution < -0.4 is 5.32 Å². The summed E-state index contributed by atoms with van der Waals surface area (Å²) in [4.78, 5) is 14.7. The molecule has 24 heavy (non-hydrogen) atoms. The van der Waals surface area contributed by atoms with Gasteiger partial charge in [0.15, 0.2) is 0 Å². The molecule has 124 valence electrons. The second kappa shape index (κ2) is 6.27. The van der Waals surface area contributed by atoms with Crippen molar-refractivity contribution in [2.45, 2.75) is 44.3 Å². The Bertz CT molecular complexity index is 740. The standard InChI is InChI=1S/C20H21FN2O/c21-16-8-5-14(6-9-16)13-23(17-10-11-17)20(24)22-19-12-7-15-3-1-2-4-18(15)19/h1-6,8-9,17,19H,7,10-13H2,(H,22,24). The molecular formula is C20H21FN2O. The van der Waals surface area contributed by atoms with E-state index in [1.807, 2.05) is 17.0 Å². The van der Waals surface area contributed by atoms with Gasteiger partial charge in [-0.1, -0.05) is 36.4 Å². The fraction of sp³-hybridized carbons (Fsp3) is 0.350. The second-order valence-corrected chi connectivity index (χ2v) is 6.73. The molecule has 0 aliphatic heterocycles. The average molecular weight is 324 g/mol. The number of hydrogen-bond donors (Lipinski definition) is 1. The predicted molar refractivity (Wildman–Crippen MR) is 91.0 cm³/mol. The number of benzene rings is 2. The topological polar surface area (TPSA) is 32.3 Å². The van der Waals surface area contributed by atoms with Gasteiger partial charge >= 0.3 is 6.03 Å². The number of nitrogens with one attached hydrogen (secondary N) is 1. The van der Waals surface area contributed by atoms with Gasteiger partial charge in [0.1, 0.15) is 5.82 Å². The first-order chi connectivity index (χ1) is 11.7. The van der Waals surface area contributed by atoms with Crippen LogP contribution in [0.2, 0.25) is 0 Å². The largest absolute Gasteiger partial charge is 0.331 e. The lowest BCUT2D eigenvalue weighted by Crippen LogP contribution is -2.42. The van der Waals surface area contributed by atoms with E-state index < -0.39 is 0 Å². The minimum absolute atomic E-state index is 0.0106. The number of aryl methyl sites for hydroxylation is 1. The normalized spacial score (nSPS) is 19.0. The molecule has 2 amide bonds. The second-order valence-electron chi connectivity index (χ2n) is 6.73. The number of rotatable bonds is 4. The number of carbonyl (C=O) groups excluding carboxylic acids is 1. The molecule has 0 spiro atoms. The lowest BCUT2D eigenvalue weighted by Gasteiger charge is -2.25. The maximum Gasteiger partial charge on any atom is 0.318 e. The van der Waals surface area contributed by atoms with Crippen LogP contribution in [0, 0.1) is 5.82 Å². The van der Waals surface area contributed by atoms with Crippen LogP contribution in [0.1, 0.15) is 42.0 Å². The van der Waals surface area contributed by atoms with Crippen LogP contribution in [0.15, 0.2) is 48.5 Å². The molecule has 0 heterocycles. The Labute approximate surface area is 141 Å². The van der Waals surface area contributed by atoms with Crippen LogP contribution in [0.25, 0.3) is 0 Å². The zero-order valence-corrected chi connectivity index (χ0v) is 13.5. The summed E-state index contributed by atoms with van der Waals surface area (Å²) in [5.41, 5.74) is 3.54. The number of urea groups is 1. The molecular weight excluding hydrogens is 303 g/mol. The highest BCUT2D eigenvalue weighted by Gasteiger charge is 2.34. The van der Waals surface area contributed by atoms with E-state index in [0.717, 1.165) is 31.2 Å². The van der Waals surface area contributed by atoms with E-state index in [2.05, 4.69) is 17.4 Å². The third-order valence-corrected chi connectivity index (χ3v) is 4.95. The number of halogens is 1. The predicted octanol–water partition coefficient (Wildman–Crippen LogP) is 4.19. The summed E-state index contributed by atoms with van der Waals surface area (Å²) in [5.74, 6) is -0.247. The lowest BCUT2D eigenvalue weighted by molar-refractivity contribution is 0.188. The molecule has 1 unspecified atom stereocenters. The van der Waals surface area contributed by atoms with E-state index in [0.29, 0.717) is 12.6 Å². The smallest absolute Gasteiger partial charge is 0.318 e. The highest BCUT2D eigenvalue weighted by molar-refractivity contribution is 5.75. The van der Waals surface area contributed by atoms with Crippen LogP contribution in [0.3, 0.4) is 0 Å². The van der Waals surface area contributed by atoms with Crippen LogP contribution >= 0.6 is 0 Å². The summed E-state index contributed by atoms with van der Waals surface area (Å²) in [6.45, 7) is 0.533. The van der Waals surface area contributed by atoms with E-state index in [9.17, 15) is 9.18 Å². The molecule has 2 aliphatic rings. The molecule has 4 heteroatoms. The molecule has 2 aliphatic carbocycles. The van der Waals surface area contributed by atoms with Crippen molar-refractivity contribution in [2.75, 3.05) is 0 Å². The summed E-state index contributed by atoms with van der Waals surface area (Å²) in [6.07, 6.45) is 4.08. The Kier molecular flexibility index (Phi) is 3.97. The lowest BCUT2D eigenvalue weighted by atomic mass is 10.1. The molecule has 1 saturated carbocycles. The highest BCUT2D eigenvalue weighted by Crippen LogP contribution is 2.33. The van der Waals surface area contributed by atoms with Gasteiger partial charge in [0, 0.05) is 12.6 Å². The fourth-order valence-corrected chi connectivity index (χ4v) is 3.48. The minimum atomic E-state index is -0.247. The summed E-state index contributed by atoms with van der Waals surface area (Å²) < 4.78 is 13.1. The third-order valence-electron chi connectivity index (χ3n) is 4.95.